The highest BCUT2D eigenvalue weighted by molar-refractivity contribution is 5.99. The van der Waals surface area contributed by atoms with Crippen molar-refractivity contribution in [2.75, 3.05) is 11.9 Å². The van der Waals surface area contributed by atoms with Crippen molar-refractivity contribution in [1.29, 1.82) is 0 Å². The van der Waals surface area contributed by atoms with Crippen LogP contribution in [0.1, 0.15) is 121 Å². The van der Waals surface area contributed by atoms with Gasteiger partial charge in [0.1, 0.15) is 0 Å². The van der Waals surface area contributed by atoms with Gasteiger partial charge in [-0.1, -0.05) is 99.9 Å². The Balaban J connectivity index is 1.66. The average molecular weight is 572 g/mol. The van der Waals surface area contributed by atoms with E-state index in [4.69, 9.17) is 0 Å². The van der Waals surface area contributed by atoms with Crippen molar-refractivity contribution in [3.05, 3.63) is 112 Å². The van der Waals surface area contributed by atoms with E-state index < -0.39 is 0 Å². The molecule has 1 aliphatic heterocycles. The van der Waals surface area contributed by atoms with Crippen LogP contribution in [-0.2, 0) is 6.42 Å². The van der Waals surface area contributed by atoms with Crippen molar-refractivity contribution in [3.8, 4) is 0 Å². The van der Waals surface area contributed by atoms with Crippen LogP contribution in [0.25, 0.3) is 22.8 Å². The molecule has 2 heteroatoms. The third-order valence-electron chi connectivity index (χ3n) is 9.64. The van der Waals surface area contributed by atoms with Gasteiger partial charge in [-0.25, -0.2) is 0 Å². The van der Waals surface area contributed by atoms with E-state index in [1.807, 2.05) is 6.07 Å². The molecule has 0 aromatic heterocycles. The zero-order chi connectivity index (χ0) is 30.3. The highest BCUT2D eigenvalue weighted by Crippen LogP contribution is 2.46. The summed E-state index contributed by atoms with van der Waals surface area (Å²) in [7, 11) is 0. The smallest absolute Gasteiger partial charge is 0.159 e. The van der Waals surface area contributed by atoms with Crippen LogP contribution in [0.2, 0.25) is 0 Å². The molecule has 0 bridgehead atoms. The van der Waals surface area contributed by atoms with Crippen LogP contribution in [0.4, 0.5) is 5.69 Å². The zero-order valence-electron chi connectivity index (χ0n) is 26.8. The second kappa shape index (κ2) is 14.2. The lowest BCUT2D eigenvalue weighted by Gasteiger charge is -2.30. The number of Topliss-reactive ketones (excluding diaryl/α,β-unsaturated/α-hetero) is 1. The second-order valence-corrected chi connectivity index (χ2v) is 12.7. The molecule has 43 heavy (non-hydrogen) atoms. The van der Waals surface area contributed by atoms with Gasteiger partial charge < -0.3 is 5.32 Å². The minimum Gasteiger partial charge on any atom is -0.384 e. The number of rotatable bonds is 7. The number of allylic oxidation sites excluding steroid dienone is 4. The lowest BCUT2D eigenvalue weighted by molar-refractivity contribution is 0.101. The Kier molecular flexibility index (Phi) is 10.2. The van der Waals surface area contributed by atoms with E-state index in [-0.39, 0.29) is 5.78 Å². The monoisotopic (exact) mass is 571 g/mol. The molecule has 3 aromatic carbocycles. The first-order valence-electron chi connectivity index (χ1n) is 16.6. The number of aryl methyl sites for hydroxylation is 3. The summed E-state index contributed by atoms with van der Waals surface area (Å²) in [5.74, 6) is 0.679. The van der Waals surface area contributed by atoms with Crippen molar-refractivity contribution in [2.24, 2.45) is 5.92 Å². The molecule has 1 saturated carbocycles. The molecule has 224 valence electrons. The van der Waals surface area contributed by atoms with E-state index in [0.717, 1.165) is 30.5 Å². The summed E-state index contributed by atoms with van der Waals surface area (Å²) in [6.45, 7) is 13.7. The van der Waals surface area contributed by atoms with Gasteiger partial charge in [0.25, 0.3) is 0 Å². The Morgan fingerprint density at radius 2 is 1.60 bits per heavy atom. The highest BCUT2D eigenvalue weighted by Gasteiger charge is 2.26. The van der Waals surface area contributed by atoms with Crippen LogP contribution < -0.4 is 5.32 Å². The van der Waals surface area contributed by atoms with E-state index in [2.05, 4.69) is 93.3 Å². The standard InChI is InChI=1S/C41H49NO/c1-6-32-18-20-33(21-19-32)28(2)16-23-37-29(3)17-24-39-38(15-11-8-12-26-42-41(37)39)40(34-13-9-7-10-14-34)36-25-22-35(31(5)43)27-30(36)4/h16-25,27,34,42H,2,6-15,26H2,1,3-5H3/b23-16-,40-38+. The molecule has 0 unspecified atom stereocenters. The summed E-state index contributed by atoms with van der Waals surface area (Å²) in [6, 6.07) is 19.9. The van der Waals surface area contributed by atoms with Crippen molar-refractivity contribution in [3.63, 3.8) is 0 Å². The molecular formula is C41H49NO. The molecule has 1 fully saturated rings. The molecule has 1 N–H and O–H groups in total. The number of nitrogens with one attached hydrogen (secondary N) is 1. The number of carbonyl (C=O) groups is 1. The Labute approximate surface area is 260 Å². The normalized spacial score (nSPS) is 17.4. The molecule has 1 aliphatic carbocycles. The average Bonchev–Trinajstić information content (AvgIpc) is 3.12. The van der Waals surface area contributed by atoms with Gasteiger partial charge in [-0.3, -0.25) is 4.79 Å². The van der Waals surface area contributed by atoms with Crippen molar-refractivity contribution in [2.45, 2.75) is 91.9 Å². The number of carbonyl (C=O) groups excluding carboxylic acids is 1. The Morgan fingerprint density at radius 1 is 0.884 bits per heavy atom. The minimum absolute atomic E-state index is 0.133. The van der Waals surface area contributed by atoms with Crippen LogP contribution >= 0.6 is 0 Å². The van der Waals surface area contributed by atoms with Gasteiger partial charge in [-0.2, -0.15) is 0 Å². The van der Waals surface area contributed by atoms with E-state index in [1.54, 1.807) is 6.92 Å². The van der Waals surface area contributed by atoms with Crippen molar-refractivity contribution >= 4 is 34.3 Å². The van der Waals surface area contributed by atoms with Gasteiger partial charge in [0, 0.05) is 28.9 Å². The third kappa shape index (κ3) is 7.12. The summed E-state index contributed by atoms with van der Waals surface area (Å²) in [5.41, 5.74) is 15.1. The van der Waals surface area contributed by atoms with Gasteiger partial charge in [0.05, 0.1) is 0 Å². The minimum atomic E-state index is 0.133. The van der Waals surface area contributed by atoms with Gasteiger partial charge in [0.2, 0.25) is 0 Å². The maximum atomic E-state index is 12.2. The fraction of sp³-hybridized carbons (Fsp3) is 0.390. The predicted octanol–water partition coefficient (Wildman–Crippen LogP) is 11.3. The quantitative estimate of drug-likeness (QED) is 0.226. The fourth-order valence-corrected chi connectivity index (χ4v) is 7.05. The summed E-state index contributed by atoms with van der Waals surface area (Å²) in [6.07, 6.45) is 16.6. The molecule has 5 rings (SSSR count). The highest BCUT2D eigenvalue weighted by atomic mass is 16.1. The topological polar surface area (TPSA) is 29.1 Å². The number of ketones is 1. The van der Waals surface area contributed by atoms with Crippen LogP contribution in [0.15, 0.2) is 67.3 Å². The number of hydrogen-bond acceptors (Lipinski definition) is 2. The third-order valence-corrected chi connectivity index (χ3v) is 9.64. The Bertz CT molecular complexity index is 1530. The van der Waals surface area contributed by atoms with Crippen LogP contribution in [0.5, 0.6) is 0 Å². The molecular weight excluding hydrogens is 522 g/mol. The number of benzene rings is 3. The number of hydrogen-bond donors (Lipinski definition) is 1. The molecule has 0 amide bonds. The SMILES string of the molecule is C=C(/C=C\c1c(C)ccc2c1NCCCCC/C2=C(\c1ccc(C(C)=O)cc1C)C1CCCCC1)c1ccc(CC)cc1. The van der Waals surface area contributed by atoms with Crippen LogP contribution in [-0.4, -0.2) is 12.3 Å². The van der Waals surface area contributed by atoms with E-state index in [1.165, 1.54) is 107 Å². The maximum absolute atomic E-state index is 12.2. The first-order chi connectivity index (χ1) is 20.9. The number of anilines is 1. The largest absolute Gasteiger partial charge is 0.384 e. The predicted molar refractivity (Wildman–Crippen MR) is 187 cm³/mol. The molecule has 2 nitrogen and oxygen atoms in total. The summed E-state index contributed by atoms with van der Waals surface area (Å²) in [4.78, 5) is 12.2. The van der Waals surface area contributed by atoms with Gasteiger partial charge >= 0.3 is 0 Å². The molecule has 1 heterocycles. The van der Waals surface area contributed by atoms with Gasteiger partial charge in [-0.05, 0) is 116 Å². The second-order valence-electron chi connectivity index (χ2n) is 12.7. The van der Waals surface area contributed by atoms with Gasteiger partial charge in [0.15, 0.2) is 5.78 Å². The first-order valence-corrected chi connectivity index (χ1v) is 16.6. The van der Waals surface area contributed by atoms with Crippen molar-refractivity contribution < 1.29 is 4.79 Å². The lowest BCUT2D eigenvalue weighted by Crippen LogP contribution is -2.13. The number of fused-ring (bicyclic) bond motifs is 1. The molecule has 0 spiro atoms. The van der Waals surface area contributed by atoms with Gasteiger partial charge in [-0.15, -0.1) is 0 Å². The summed E-state index contributed by atoms with van der Waals surface area (Å²) < 4.78 is 0. The zero-order valence-corrected chi connectivity index (χ0v) is 26.8. The lowest BCUT2D eigenvalue weighted by atomic mass is 9.75. The first kappa shape index (κ1) is 30.8. The van der Waals surface area contributed by atoms with E-state index in [9.17, 15) is 4.79 Å². The maximum Gasteiger partial charge on any atom is 0.159 e. The van der Waals surface area contributed by atoms with E-state index >= 15 is 0 Å². The molecule has 0 radical (unpaired) electrons. The molecule has 3 aromatic rings. The molecule has 0 saturated heterocycles. The van der Waals surface area contributed by atoms with E-state index in [0.29, 0.717) is 5.92 Å². The molecule has 0 atom stereocenters. The van der Waals surface area contributed by atoms with Crippen LogP contribution in [0, 0.1) is 19.8 Å². The van der Waals surface area contributed by atoms with Crippen LogP contribution in [0.3, 0.4) is 0 Å². The summed E-state index contributed by atoms with van der Waals surface area (Å²) >= 11 is 0. The Morgan fingerprint density at radius 3 is 2.30 bits per heavy atom. The van der Waals surface area contributed by atoms with Crippen molar-refractivity contribution in [1.82, 2.24) is 0 Å². The summed E-state index contributed by atoms with van der Waals surface area (Å²) in [5, 5.41) is 3.91. The molecule has 2 aliphatic rings. The Hall–Kier alpha value is -3.65. The fourth-order valence-electron chi connectivity index (χ4n) is 7.05.